The Kier molecular flexibility index (Phi) is 10.0. The number of nitrogens with two attached hydrogens (primary N) is 1. The Morgan fingerprint density at radius 2 is 1.98 bits per heavy atom. The van der Waals surface area contributed by atoms with Crippen molar-refractivity contribution in [2.45, 2.75) is 65.8 Å². The summed E-state index contributed by atoms with van der Waals surface area (Å²) in [6.07, 6.45) is 10.5. The first-order chi connectivity index (χ1) is 19.1. The molecule has 9 heteroatoms. The number of aromatic nitrogens is 1. The third kappa shape index (κ3) is 7.71. The Balaban J connectivity index is 1.41. The summed E-state index contributed by atoms with van der Waals surface area (Å²) in [5.41, 5.74) is 9.55. The molecule has 2 aromatic rings. The van der Waals surface area contributed by atoms with E-state index < -0.39 is 0 Å². The van der Waals surface area contributed by atoms with Crippen LogP contribution < -0.4 is 16.4 Å². The van der Waals surface area contributed by atoms with Gasteiger partial charge in [-0.3, -0.25) is 4.79 Å². The topological polar surface area (TPSA) is 104 Å². The van der Waals surface area contributed by atoms with Crippen molar-refractivity contribution in [3.63, 3.8) is 0 Å². The van der Waals surface area contributed by atoms with Crippen LogP contribution in [0.25, 0.3) is 10.2 Å². The van der Waals surface area contributed by atoms with Crippen molar-refractivity contribution in [3.8, 4) is 0 Å². The number of carbonyl (C=O) groups excluding carboxylic acids is 2. The van der Waals surface area contributed by atoms with Crippen LogP contribution in [0.2, 0.25) is 0 Å². The standard InChI is InChI=1S/C31H46N6O2S/c1-6-7-8-24(34-30(39)37-15-13-36(5)14-16-37)10-11-25(20-32)33-28(38)27-19-22-17-21-18-23(31(2,3)4)9-12-26(21)35-29(22)40-27/h7-8,10,17,19,23,25H,6,9,11-16,18,20,32H2,1-5H3,(H,33,38)(H,34,39)/b8-7-,24-10+/t23-,25+/m1/s1. The third-order valence-corrected chi connectivity index (χ3v) is 9.18. The monoisotopic (exact) mass is 566 g/mol. The normalized spacial score (nSPS) is 19.6. The highest BCUT2D eigenvalue weighted by Crippen LogP contribution is 2.38. The van der Waals surface area contributed by atoms with Gasteiger partial charge in [-0.15, -0.1) is 11.3 Å². The largest absolute Gasteiger partial charge is 0.347 e. The number of nitrogens with one attached hydrogen (secondary N) is 2. The summed E-state index contributed by atoms with van der Waals surface area (Å²) in [6, 6.07) is 3.85. The SMILES string of the molecule is CC/C=C\C(=C/C[C@@H](CN)NC(=O)c1cc2cc3c(nc2s1)CC[C@@H](C(C)(C)C)C3)NC(=O)N1CCN(C)CC1. The van der Waals surface area contributed by atoms with Crippen molar-refractivity contribution in [1.29, 1.82) is 0 Å². The fourth-order valence-electron chi connectivity index (χ4n) is 5.33. The fourth-order valence-corrected chi connectivity index (χ4v) is 6.27. The molecule has 1 aliphatic heterocycles. The van der Waals surface area contributed by atoms with Gasteiger partial charge in [-0.05, 0) is 74.3 Å². The van der Waals surface area contributed by atoms with E-state index in [4.69, 9.17) is 10.7 Å². The first kappa shape index (κ1) is 30.2. The summed E-state index contributed by atoms with van der Waals surface area (Å²) in [5.74, 6) is 0.506. The number of urea groups is 1. The van der Waals surface area contributed by atoms with Crippen LogP contribution in [-0.4, -0.2) is 72.5 Å². The van der Waals surface area contributed by atoms with E-state index in [1.54, 1.807) is 0 Å². The number of carbonyl (C=O) groups is 2. The van der Waals surface area contributed by atoms with Gasteiger partial charge in [0.15, 0.2) is 0 Å². The molecule has 8 nitrogen and oxygen atoms in total. The van der Waals surface area contributed by atoms with E-state index in [0.717, 1.165) is 54.7 Å². The first-order valence-electron chi connectivity index (χ1n) is 14.6. The van der Waals surface area contributed by atoms with E-state index in [1.807, 2.05) is 29.2 Å². The van der Waals surface area contributed by atoms with Crippen molar-refractivity contribution in [2.24, 2.45) is 17.1 Å². The molecule has 1 fully saturated rings. The maximum atomic E-state index is 13.2. The van der Waals surface area contributed by atoms with E-state index in [0.29, 0.717) is 36.9 Å². The molecule has 2 aromatic heterocycles. The lowest BCUT2D eigenvalue weighted by atomic mass is 9.71. The van der Waals surface area contributed by atoms with Crippen molar-refractivity contribution in [3.05, 3.63) is 52.2 Å². The molecule has 3 heterocycles. The summed E-state index contributed by atoms with van der Waals surface area (Å²) in [4.78, 5) is 36.6. The zero-order chi connectivity index (χ0) is 28.9. The molecule has 0 saturated carbocycles. The lowest BCUT2D eigenvalue weighted by Crippen LogP contribution is -2.50. The molecule has 40 heavy (non-hydrogen) atoms. The average Bonchev–Trinajstić information content (AvgIpc) is 3.34. The predicted molar refractivity (Wildman–Crippen MR) is 165 cm³/mol. The quantitative estimate of drug-likeness (QED) is 0.402. The van der Waals surface area contributed by atoms with Crippen LogP contribution >= 0.6 is 11.3 Å². The predicted octanol–water partition coefficient (Wildman–Crippen LogP) is 4.70. The molecule has 0 radical (unpaired) electrons. The first-order valence-corrected chi connectivity index (χ1v) is 15.4. The van der Waals surface area contributed by atoms with E-state index in [-0.39, 0.29) is 23.4 Å². The van der Waals surface area contributed by atoms with Crippen molar-refractivity contribution in [1.82, 2.24) is 25.4 Å². The fraction of sp³-hybridized carbons (Fsp3) is 0.581. The number of nitrogens with zero attached hydrogens (tertiary/aromatic N) is 3. The maximum Gasteiger partial charge on any atom is 0.321 e. The molecule has 0 spiro atoms. The number of allylic oxidation sites excluding steroid dienone is 2. The molecule has 2 atom stereocenters. The van der Waals surface area contributed by atoms with Gasteiger partial charge in [-0.25, -0.2) is 9.78 Å². The number of hydrogen-bond acceptors (Lipinski definition) is 6. The Morgan fingerprint density at radius 3 is 2.65 bits per heavy atom. The van der Waals surface area contributed by atoms with Crippen molar-refractivity contribution < 1.29 is 9.59 Å². The molecule has 1 aliphatic carbocycles. The Labute approximate surface area is 243 Å². The van der Waals surface area contributed by atoms with Crippen LogP contribution in [0, 0.1) is 11.3 Å². The number of pyridine rings is 1. The van der Waals surface area contributed by atoms with Gasteiger partial charge in [0.25, 0.3) is 5.91 Å². The van der Waals surface area contributed by atoms with Gasteiger partial charge in [0.1, 0.15) is 4.83 Å². The van der Waals surface area contributed by atoms with Crippen LogP contribution in [0.5, 0.6) is 0 Å². The van der Waals surface area contributed by atoms with Crippen LogP contribution in [0.1, 0.15) is 67.9 Å². The van der Waals surface area contributed by atoms with Gasteiger partial charge in [-0.2, -0.15) is 0 Å². The number of fused-ring (bicyclic) bond motifs is 2. The van der Waals surface area contributed by atoms with E-state index in [2.05, 4.69) is 56.3 Å². The van der Waals surface area contributed by atoms with Crippen LogP contribution in [0.4, 0.5) is 4.79 Å². The summed E-state index contributed by atoms with van der Waals surface area (Å²) in [6.45, 7) is 12.4. The molecule has 0 aromatic carbocycles. The lowest BCUT2D eigenvalue weighted by molar-refractivity contribution is 0.0942. The Morgan fingerprint density at radius 1 is 1.23 bits per heavy atom. The minimum absolute atomic E-state index is 0.0947. The Bertz CT molecular complexity index is 1250. The zero-order valence-corrected chi connectivity index (χ0v) is 25.6. The second kappa shape index (κ2) is 13.3. The lowest BCUT2D eigenvalue weighted by Gasteiger charge is -2.34. The summed E-state index contributed by atoms with van der Waals surface area (Å²) >= 11 is 1.44. The van der Waals surface area contributed by atoms with Gasteiger partial charge in [0.2, 0.25) is 0 Å². The number of piperazine rings is 1. The maximum absolute atomic E-state index is 13.2. The summed E-state index contributed by atoms with van der Waals surface area (Å²) < 4.78 is 0. The number of aryl methyl sites for hydroxylation is 1. The molecule has 0 unspecified atom stereocenters. The number of rotatable bonds is 8. The van der Waals surface area contributed by atoms with Crippen molar-refractivity contribution >= 4 is 33.5 Å². The van der Waals surface area contributed by atoms with Gasteiger partial charge in [-0.1, -0.05) is 39.8 Å². The molecule has 218 valence electrons. The highest BCUT2D eigenvalue weighted by Gasteiger charge is 2.30. The van der Waals surface area contributed by atoms with Crippen molar-refractivity contribution in [2.75, 3.05) is 39.8 Å². The van der Waals surface area contributed by atoms with Gasteiger partial charge in [0, 0.05) is 55.5 Å². The Hall–Kier alpha value is -2.75. The van der Waals surface area contributed by atoms with Crippen LogP contribution in [-0.2, 0) is 12.8 Å². The minimum Gasteiger partial charge on any atom is -0.347 e. The second-order valence-corrected chi connectivity index (χ2v) is 13.3. The highest BCUT2D eigenvalue weighted by molar-refractivity contribution is 7.20. The second-order valence-electron chi connectivity index (χ2n) is 12.2. The van der Waals surface area contributed by atoms with Crippen LogP contribution in [0.15, 0.2) is 36.1 Å². The third-order valence-electron chi connectivity index (χ3n) is 8.14. The minimum atomic E-state index is -0.253. The number of likely N-dealkylation sites (N-methyl/N-ethyl adjacent to an activating group) is 1. The molecule has 1 saturated heterocycles. The molecule has 4 rings (SSSR count). The van der Waals surface area contributed by atoms with Gasteiger partial charge in [0.05, 0.1) is 4.88 Å². The molecule has 2 aliphatic rings. The smallest absolute Gasteiger partial charge is 0.321 e. The van der Waals surface area contributed by atoms with E-state index in [1.165, 1.54) is 22.6 Å². The average molecular weight is 567 g/mol. The van der Waals surface area contributed by atoms with Gasteiger partial charge >= 0.3 is 6.03 Å². The van der Waals surface area contributed by atoms with Gasteiger partial charge < -0.3 is 26.2 Å². The van der Waals surface area contributed by atoms with E-state index in [9.17, 15) is 9.59 Å². The molecule has 0 bridgehead atoms. The van der Waals surface area contributed by atoms with Crippen LogP contribution in [0.3, 0.4) is 0 Å². The molecule has 4 N–H and O–H groups in total. The summed E-state index contributed by atoms with van der Waals surface area (Å²) in [7, 11) is 2.07. The highest BCUT2D eigenvalue weighted by atomic mass is 32.1. The number of thiophene rings is 1. The number of amides is 3. The zero-order valence-electron chi connectivity index (χ0n) is 24.8. The van der Waals surface area contributed by atoms with E-state index >= 15 is 0 Å². The summed E-state index contributed by atoms with van der Waals surface area (Å²) in [5, 5.41) is 7.17. The molecular weight excluding hydrogens is 520 g/mol. The number of hydrogen-bond donors (Lipinski definition) is 3. The molecule has 3 amide bonds. The molecular formula is C31H46N6O2S.